The van der Waals surface area contributed by atoms with E-state index >= 15 is 0 Å². The topological polar surface area (TPSA) is 96.5 Å². The standard InChI is InChI=1S/C26H33N3O3/c1-6-29(19(5)15-17(2)3)25(30)18(4)16-20-7-9-22(10-8-20)26(31)32-23-13-11-21(12-14-23)24(27)28/h7-14,16-17,19H,6,15H2,1-5H3,(H3,27,28)/b18-16+/t19-/m1/s1. The summed E-state index contributed by atoms with van der Waals surface area (Å²) in [5, 5.41) is 7.40. The zero-order valence-electron chi connectivity index (χ0n) is 19.5. The summed E-state index contributed by atoms with van der Waals surface area (Å²) in [5.41, 5.74) is 7.89. The first-order chi connectivity index (χ1) is 15.1. The molecule has 6 nitrogen and oxygen atoms in total. The maximum absolute atomic E-state index is 12.9. The second kappa shape index (κ2) is 11.3. The molecule has 1 amide bonds. The van der Waals surface area contributed by atoms with E-state index in [1.165, 1.54) is 0 Å². The van der Waals surface area contributed by atoms with Crippen molar-refractivity contribution in [1.82, 2.24) is 4.90 Å². The van der Waals surface area contributed by atoms with Crippen molar-refractivity contribution in [3.8, 4) is 5.75 Å². The lowest BCUT2D eigenvalue weighted by Crippen LogP contribution is -2.39. The van der Waals surface area contributed by atoms with E-state index in [1.54, 1.807) is 48.5 Å². The first-order valence-corrected chi connectivity index (χ1v) is 10.9. The normalized spacial score (nSPS) is 12.4. The van der Waals surface area contributed by atoms with Gasteiger partial charge in [-0.2, -0.15) is 0 Å². The Morgan fingerprint density at radius 1 is 1.03 bits per heavy atom. The third kappa shape index (κ3) is 6.80. The molecule has 0 bridgehead atoms. The van der Waals surface area contributed by atoms with E-state index in [0.717, 1.165) is 12.0 Å². The minimum Gasteiger partial charge on any atom is -0.423 e. The number of hydrogen-bond acceptors (Lipinski definition) is 4. The van der Waals surface area contributed by atoms with Crippen molar-refractivity contribution < 1.29 is 14.3 Å². The van der Waals surface area contributed by atoms with Crippen LogP contribution in [0.5, 0.6) is 5.75 Å². The van der Waals surface area contributed by atoms with E-state index in [0.29, 0.717) is 34.9 Å². The Kier molecular flexibility index (Phi) is 8.76. The minimum atomic E-state index is -0.483. The summed E-state index contributed by atoms with van der Waals surface area (Å²) in [4.78, 5) is 27.2. The fourth-order valence-corrected chi connectivity index (χ4v) is 3.59. The fourth-order valence-electron chi connectivity index (χ4n) is 3.59. The molecule has 0 fully saturated rings. The van der Waals surface area contributed by atoms with Gasteiger partial charge in [0.2, 0.25) is 5.91 Å². The van der Waals surface area contributed by atoms with E-state index in [2.05, 4.69) is 20.8 Å². The van der Waals surface area contributed by atoms with Crippen molar-refractivity contribution >= 4 is 23.8 Å². The smallest absolute Gasteiger partial charge is 0.343 e. The molecule has 170 valence electrons. The number of amidine groups is 1. The highest BCUT2D eigenvalue weighted by Gasteiger charge is 2.20. The molecule has 0 radical (unpaired) electrons. The number of carbonyl (C=O) groups excluding carboxylic acids is 2. The van der Waals surface area contributed by atoms with Gasteiger partial charge in [-0.05, 0) is 81.1 Å². The van der Waals surface area contributed by atoms with Crippen LogP contribution in [0.15, 0.2) is 54.1 Å². The van der Waals surface area contributed by atoms with Crippen LogP contribution in [0.2, 0.25) is 0 Å². The molecular formula is C26H33N3O3. The van der Waals surface area contributed by atoms with Crippen molar-refractivity contribution in [1.29, 1.82) is 5.41 Å². The van der Waals surface area contributed by atoms with E-state index < -0.39 is 5.97 Å². The van der Waals surface area contributed by atoms with Crippen molar-refractivity contribution in [2.24, 2.45) is 11.7 Å². The Balaban J connectivity index is 2.06. The van der Waals surface area contributed by atoms with Gasteiger partial charge in [0.15, 0.2) is 0 Å². The number of esters is 1. The summed E-state index contributed by atoms with van der Waals surface area (Å²) in [6.45, 7) is 10.9. The SMILES string of the molecule is CCN(C(=O)/C(C)=C/c1ccc(C(=O)Oc2ccc(C(=N)N)cc2)cc1)[C@H](C)CC(C)C. The molecule has 2 aromatic rings. The summed E-state index contributed by atoms with van der Waals surface area (Å²) in [7, 11) is 0. The second-order valence-electron chi connectivity index (χ2n) is 8.35. The summed E-state index contributed by atoms with van der Waals surface area (Å²) < 4.78 is 5.37. The van der Waals surface area contributed by atoms with E-state index in [4.69, 9.17) is 15.9 Å². The lowest BCUT2D eigenvalue weighted by atomic mass is 10.0. The Bertz CT molecular complexity index is 976. The molecule has 0 aliphatic rings. The van der Waals surface area contributed by atoms with Crippen LogP contribution in [-0.4, -0.2) is 35.2 Å². The minimum absolute atomic E-state index is 0.0261. The van der Waals surface area contributed by atoms with Crippen LogP contribution in [0.25, 0.3) is 6.08 Å². The maximum atomic E-state index is 12.9. The largest absolute Gasteiger partial charge is 0.423 e. The summed E-state index contributed by atoms with van der Waals surface area (Å²) >= 11 is 0. The number of hydrogen-bond donors (Lipinski definition) is 2. The number of carbonyl (C=O) groups is 2. The molecule has 0 aliphatic heterocycles. The van der Waals surface area contributed by atoms with Gasteiger partial charge in [-0.1, -0.05) is 26.0 Å². The highest BCUT2D eigenvalue weighted by molar-refractivity contribution is 5.98. The first-order valence-electron chi connectivity index (χ1n) is 10.9. The van der Waals surface area contributed by atoms with Crippen LogP contribution in [0, 0.1) is 11.3 Å². The first kappa shape index (κ1) is 24.9. The number of amides is 1. The van der Waals surface area contributed by atoms with Crippen LogP contribution in [0.4, 0.5) is 0 Å². The monoisotopic (exact) mass is 435 g/mol. The Morgan fingerprint density at radius 2 is 1.59 bits per heavy atom. The second-order valence-corrected chi connectivity index (χ2v) is 8.35. The number of rotatable bonds is 9. The average molecular weight is 436 g/mol. The number of nitrogens with one attached hydrogen (secondary N) is 1. The third-order valence-corrected chi connectivity index (χ3v) is 5.19. The van der Waals surface area contributed by atoms with Crippen molar-refractivity contribution in [2.45, 2.75) is 47.1 Å². The summed E-state index contributed by atoms with van der Waals surface area (Å²) in [6.07, 6.45) is 2.80. The molecule has 0 aromatic heterocycles. The Labute approximate surface area is 190 Å². The van der Waals surface area contributed by atoms with Crippen LogP contribution in [0.1, 0.15) is 62.5 Å². The zero-order chi connectivity index (χ0) is 23.8. The number of benzene rings is 2. The molecule has 6 heteroatoms. The Hall–Kier alpha value is -3.41. The molecule has 0 heterocycles. The maximum Gasteiger partial charge on any atom is 0.343 e. The van der Waals surface area contributed by atoms with Gasteiger partial charge in [0.05, 0.1) is 5.56 Å². The molecule has 2 rings (SSSR count). The quantitative estimate of drug-likeness (QED) is 0.193. The van der Waals surface area contributed by atoms with E-state index in [1.807, 2.05) is 24.8 Å². The molecule has 0 saturated carbocycles. The predicted octanol–water partition coefficient (Wildman–Crippen LogP) is 4.88. The van der Waals surface area contributed by atoms with Gasteiger partial charge in [0.1, 0.15) is 11.6 Å². The van der Waals surface area contributed by atoms with E-state index in [-0.39, 0.29) is 17.8 Å². The van der Waals surface area contributed by atoms with Gasteiger partial charge in [-0.3, -0.25) is 10.2 Å². The average Bonchev–Trinajstić information content (AvgIpc) is 2.74. The fraction of sp³-hybridized carbons (Fsp3) is 0.346. The molecule has 1 atom stereocenters. The van der Waals surface area contributed by atoms with Gasteiger partial charge < -0.3 is 15.4 Å². The van der Waals surface area contributed by atoms with E-state index in [9.17, 15) is 9.59 Å². The third-order valence-electron chi connectivity index (χ3n) is 5.19. The highest BCUT2D eigenvalue weighted by atomic mass is 16.5. The van der Waals surface area contributed by atoms with Gasteiger partial charge in [0.25, 0.3) is 0 Å². The molecule has 0 aliphatic carbocycles. The molecule has 0 unspecified atom stereocenters. The number of ether oxygens (including phenoxy) is 1. The van der Waals surface area contributed by atoms with Crippen molar-refractivity contribution in [2.75, 3.05) is 6.54 Å². The number of nitrogen functional groups attached to an aromatic ring is 1. The highest BCUT2D eigenvalue weighted by Crippen LogP contribution is 2.18. The predicted molar refractivity (Wildman–Crippen MR) is 129 cm³/mol. The van der Waals surface area contributed by atoms with Gasteiger partial charge in [0, 0.05) is 23.7 Å². The Morgan fingerprint density at radius 3 is 2.09 bits per heavy atom. The molecular weight excluding hydrogens is 402 g/mol. The van der Waals surface area contributed by atoms with Gasteiger partial charge in [-0.25, -0.2) is 4.79 Å². The van der Waals surface area contributed by atoms with Crippen LogP contribution >= 0.6 is 0 Å². The van der Waals surface area contributed by atoms with Gasteiger partial charge in [-0.15, -0.1) is 0 Å². The molecule has 32 heavy (non-hydrogen) atoms. The number of nitrogens with zero attached hydrogens (tertiary/aromatic N) is 1. The van der Waals surface area contributed by atoms with Gasteiger partial charge >= 0.3 is 5.97 Å². The summed E-state index contributed by atoms with van der Waals surface area (Å²) in [6, 6.07) is 13.6. The summed E-state index contributed by atoms with van der Waals surface area (Å²) in [5.74, 6) is 0.398. The zero-order valence-corrected chi connectivity index (χ0v) is 19.5. The number of likely N-dealkylation sites (N-methyl/N-ethyl adjacent to an activating group) is 1. The lowest BCUT2D eigenvalue weighted by Gasteiger charge is -2.29. The van der Waals surface area contributed by atoms with Crippen molar-refractivity contribution in [3.05, 3.63) is 70.8 Å². The molecule has 0 spiro atoms. The van der Waals surface area contributed by atoms with Crippen LogP contribution < -0.4 is 10.5 Å². The lowest BCUT2D eigenvalue weighted by molar-refractivity contribution is -0.129. The van der Waals surface area contributed by atoms with Crippen LogP contribution in [0.3, 0.4) is 0 Å². The van der Waals surface area contributed by atoms with Crippen molar-refractivity contribution in [3.63, 3.8) is 0 Å². The molecule has 0 saturated heterocycles. The molecule has 3 N–H and O–H groups in total. The number of nitrogens with two attached hydrogens (primary N) is 1. The van der Waals surface area contributed by atoms with Crippen LogP contribution in [-0.2, 0) is 4.79 Å². The molecule has 2 aromatic carbocycles.